The van der Waals surface area contributed by atoms with Gasteiger partial charge in [-0.2, -0.15) is 11.8 Å². The first kappa shape index (κ1) is 12.6. The van der Waals surface area contributed by atoms with Crippen LogP contribution < -0.4 is 5.32 Å². The van der Waals surface area contributed by atoms with Gasteiger partial charge in [0.1, 0.15) is 11.6 Å². The quantitative estimate of drug-likeness (QED) is 0.814. The maximum absolute atomic E-state index is 5.41. The van der Waals surface area contributed by atoms with Gasteiger partial charge in [0.2, 0.25) is 0 Å². The third-order valence-electron chi connectivity index (χ3n) is 2.82. The Hall–Kier alpha value is -0.810. The second-order valence-electron chi connectivity index (χ2n) is 4.21. The van der Waals surface area contributed by atoms with Crippen molar-refractivity contribution in [1.29, 1.82) is 0 Å². The third-order valence-corrected chi connectivity index (χ3v) is 3.43. The van der Waals surface area contributed by atoms with E-state index < -0.39 is 0 Å². The van der Waals surface area contributed by atoms with E-state index in [0.717, 1.165) is 49.3 Å². The Kier molecular flexibility index (Phi) is 4.62. The Bertz CT molecular complexity index is 367. The van der Waals surface area contributed by atoms with Gasteiger partial charge in [-0.25, -0.2) is 9.97 Å². The van der Waals surface area contributed by atoms with Gasteiger partial charge in [-0.3, -0.25) is 0 Å². The molecule has 1 aromatic rings. The van der Waals surface area contributed by atoms with Crippen molar-refractivity contribution in [3.05, 3.63) is 17.6 Å². The molecule has 0 spiro atoms. The fourth-order valence-electron chi connectivity index (χ4n) is 1.94. The van der Waals surface area contributed by atoms with E-state index in [1.54, 1.807) is 0 Å². The van der Waals surface area contributed by atoms with Crippen LogP contribution in [0.4, 0.5) is 5.82 Å². The van der Waals surface area contributed by atoms with Gasteiger partial charge < -0.3 is 10.1 Å². The second kappa shape index (κ2) is 6.21. The molecular weight excluding hydrogens is 234 g/mol. The van der Waals surface area contributed by atoms with E-state index >= 15 is 0 Å². The molecule has 4 nitrogen and oxygen atoms in total. The highest BCUT2D eigenvalue weighted by atomic mass is 32.2. The molecule has 94 valence electrons. The molecule has 0 bridgehead atoms. The fourth-order valence-corrected chi connectivity index (χ4v) is 2.25. The smallest absolute Gasteiger partial charge is 0.129 e. The van der Waals surface area contributed by atoms with Crippen LogP contribution in [0.25, 0.3) is 0 Å². The number of anilines is 1. The van der Waals surface area contributed by atoms with Crippen LogP contribution in [0.2, 0.25) is 0 Å². The molecule has 1 aliphatic heterocycles. The topological polar surface area (TPSA) is 47.0 Å². The van der Waals surface area contributed by atoms with E-state index in [-0.39, 0.29) is 0 Å². The molecule has 17 heavy (non-hydrogen) atoms. The predicted octanol–water partition coefficient (Wildman–Crippen LogP) is 2.06. The van der Waals surface area contributed by atoms with Gasteiger partial charge >= 0.3 is 0 Å². The summed E-state index contributed by atoms with van der Waals surface area (Å²) in [5.74, 6) is 3.30. The SMILES string of the molecule is CSCCNc1cc(C2CCOC2)nc(C)n1. The maximum Gasteiger partial charge on any atom is 0.129 e. The van der Waals surface area contributed by atoms with E-state index in [9.17, 15) is 0 Å². The zero-order chi connectivity index (χ0) is 12.1. The molecule has 1 aliphatic rings. The molecule has 0 amide bonds. The summed E-state index contributed by atoms with van der Waals surface area (Å²) in [5.41, 5.74) is 1.11. The van der Waals surface area contributed by atoms with Gasteiger partial charge in [0.15, 0.2) is 0 Å². The standard InChI is InChI=1S/C12H19N3OS/c1-9-14-11(10-3-5-16-8-10)7-12(15-9)13-4-6-17-2/h7,10H,3-6,8H2,1-2H3,(H,13,14,15). The fraction of sp³-hybridized carbons (Fsp3) is 0.667. The van der Waals surface area contributed by atoms with Crippen LogP contribution in [0.15, 0.2) is 6.07 Å². The highest BCUT2D eigenvalue weighted by Gasteiger charge is 2.20. The van der Waals surface area contributed by atoms with Crippen molar-refractivity contribution in [2.24, 2.45) is 0 Å². The number of thioether (sulfide) groups is 1. The number of hydrogen-bond donors (Lipinski definition) is 1. The molecule has 2 heterocycles. The Morgan fingerprint density at radius 1 is 1.53 bits per heavy atom. The van der Waals surface area contributed by atoms with Crippen molar-refractivity contribution in [1.82, 2.24) is 9.97 Å². The molecular formula is C12H19N3OS. The predicted molar refractivity (Wildman–Crippen MR) is 71.8 cm³/mol. The van der Waals surface area contributed by atoms with Gasteiger partial charge in [0.25, 0.3) is 0 Å². The van der Waals surface area contributed by atoms with E-state index in [1.807, 2.05) is 18.7 Å². The van der Waals surface area contributed by atoms with Crippen LogP contribution >= 0.6 is 11.8 Å². The molecule has 1 saturated heterocycles. The zero-order valence-electron chi connectivity index (χ0n) is 10.4. The lowest BCUT2D eigenvalue weighted by atomic mass is 10.0. The summed E-state index contributed by atoms with van der Waals surface area (Å²) in [6, 6.07) is 2.06. The zero-order valence-corrected chi connectivity index (χ0v) is 11.2. The highest BCUT2D eigenvalue weighted by molar-refractivity contribution is 7.98. The molecule has 0 aliphatic carbocycles. The second-order valence-corrected chi connectivity index (χ2v) is 5.19. The number of rotatable bonds is 5. The number of nitrogens with zero attached hydrogens (tertiary/aromatic N) is 2. The first-order chi connectivity index (χ1) is 8.29. The molecule has 1 N–H and O–H groups in total. The van der Waals surface area contributed by atoms with Crippen molar-refractivity contribution < 1.29 is 4.74 Å². The first-order valence-corrected chi connectivity index (χ1v) is 7.35. The number of aryl methyl sites for hydroxylation is 1. The maximum atomic E-state index is 5.41. The number of nitrogens with one attached hydrogen (secondary N) is 1. The van der Waals surface area contributed by atoms with Crippen molar-refractivity contribution >= 4 is 17.6 Å². The Labute approximate surface area is 107 Å². The van der Waals surface area contributed by atoms with Gasteiger partial charge in [-0.05, 0) is 19.6 Å². The normalized spacial score (nSPS) is 19.5. The lowest BCUT2D eigenvalue weighted by Crippen LogP contribution is -2.10. The summed E-state index contributed by atoms with van der Waals surface area (Å²) >= 11 is 1.83. The van der Waals surface area contributed by atoms with Gasteiger partial charge in [0, 0.05) is 30.9 Å². The van der Waals surface area contributed by atoms with Crippen LogP contribution in [-0.2, 0) is 4.74 Å². The van der Waals surface area contributed by atoms with Crippen molar-refractivity contribution in [3.63, 3.8) is 0 Å². The number of ether oxygens (including phenoxy) is 1. The van der Waals surface area contributed by atoms with Crippen LogP contribution in [0.1, 0.15) is 23.9 Å². The Balaban J connectivity index is 2.05. The molecule has 0 saturated carbocycles. The lowest BCUT2D eigenvalue weighted by Gasteiger charge is -2.11. The number of aromatic nitrogens is 2. The lowest BCUT2D eigenvalue weighted by molar-refractivity contribution is 0.193. The first-order valence-electron chi connectivity index (χ1n) is 5.95. The minimum Gasteiger partial charge on any atom is -0.381 e. The van der Waals surface area contributed by atoms with Crippen molar-refractivity contribution in [2.75, 3.05) is 37.1 Å². The minimum atomic E-state index is 0.442. The molecule has 1 aromatic heterocycles. The minimum absolute atomic E-state index is 0.442. The molecule has 2 rings (SSSR count). The van der Waals surface area contributed by atoms with Crippen LogP contribution in [0, 0.1) is 6.92 Å². The van der Waals surface area contributed by atoms with Gasteiger partial charge in [-0.1, -0.05) is 0 Å². The molecule has 1 atom stereocenters. The van der Waals surface area contributed by atoms with Gasteiger partial charge in [0.05, 0.1) is 12.3 Å². The largest absolute Gasteiger partial charge is 0.381 e. The summed E-state index contributed by atoms with van der Waals surface area (Å²) in [7, 11) is 0. The average molecular weight is 253 g/mol. The van der Waals surface area contributed by atoms with Crippen LogP contribution in [-0.4, -0.2) is 41.7 Å². The molecule has 5 heteroatoms. The van der Waals surface area contributed by atoms with Crippen LogP contribution in [0.5, 0.6) is 0 Å². The Morgan fingerprint density at radius 2 is 2.41 bits per heavy atom. The van der Waals surface area contributed by atoms with E-state index in [0.29, 0.717) is 5.92 Å². The summed E-state index contributed by atoms with van der Waals surface area (Å²) in [6.07, 6.45) is 3.18. The van der Waals surface area contributed by atoms with E-state index in [4.69, 9.17) is 4.74 Å². The summed E-state index contributed by atoms with van der Waals surface area (Å²) in [5, 5.41) is 3.34. The van der Waals surface area contributed by atoms with Gasteiger partial charge in [-0.15, -0.1) is 0 Å². The Morgan fingerprint density at radius 3 is 3.12 bits per heavy atom. The number of hydrogen-bond acceptors (Lipinski definition) is 5. The summed E-state index contributed by atoms with van der Waals surface area (Å²) in [4.78, 5) is 8.91. The summed E-state index contributed by atoms with van der Waals surface area (Å²) < 4.78 is 5.41. The third kappa shape index (κ3) is 3.57. The molecule has 1 fully saturated rings. The monoisotopic (exact) mass is 253 g/mol. The van der Waals surface area contributed by atoms with Crippen molar-refractivity contribution in [2.45, 2.75) is 19.3 Å². The highest BCUT2D eigenvalue weighted by Crippen LogP contribution is 2.24. The van der Waals surface area contributed by atoms with E-state index in [1.165, 1.54) is 0 Å². The molecule has 0 aromatic carbocycles. The summed E-state index contributed by atoms with van der Waals surface area (Å²) in [6.45, 7) is 4.53. The van der Waals surface area contributed by atoms with Crippen LogP contribution in [0.3, 0.4) is 0 Å². The average Bonchev–Trinajstić information content (AvgIpc) is 2.82. The van der Waals surface area contributed by atoms with E-state index in [2.05, 4.69) is 27.6 Å². The molecule has 1 unspecified atom stereocenters. The van der Waals surface area contributed by atoms with Crippen molar-refractivity contribution in [3.8, 4) is 0 Å². The molecule has 0 radical (unpaired) electrons.